The number of hydrogen-bond acceptors (Lipinski definition) is 3. The molecule has 33 heavy (non-hydrogen) atoms. The Hall–Kier alpha value is -3.82. The fourth-order valence-electron chi connectivity index (χ4n) is 4.75. The molecule has 6 rings (SSSR count). The molecule has 0 aliphatic heterocycles. The molecule has 160 valence electrons. The predicted molar refractivity (Wildman–Crippen MR) is 143 cm³/mol. The maximum atomic E-state index is 5.60. The molecule has 0 N–H and O–H groups in total. The highest BCUT2D eigenvalue weighted by Gasteiger charge is 2.15. The summed E-state index contributed by atoms with van der Waals surface area (Å²) < 4.78 is 13.8. The van der Waals surface area contributed by atoms with Crippen LogP contribution in [0.3, 0.4) is 0 Å². The largest absolute Gasteiger partial charge is 0.496 e. The van der Waals surface area contributed by atoms with Crippen molar-refractivity contribution in [3.05, 3.63) is 96.1 Å². The van der Waals surface area contributed by atoms with Crippen molar-refractivity contribution in [1.82, 2.24) is 0 Å². The molecule has 5 aromatic carbocycles. The first-order valence-corrected chi connectivity index (χ1v) is 11.7. The Kier molecular flexibility index (Phi) is 4.78. The second-order valence-corrected chi connectivity index (χ2v) is 9.11. The van der Waals surface area contributed by atoms with Gasteiger partial charge in [0, 0.05) is 20.2 Å². The van der Waals surface area contributed by atoms with Crippen LogP contribution in [0.1, 0.15) is 11.1 Å². The highest BCUT2D eigenvalue weighted by molar-refractivity contribution is 7.26. The Morgan fingerprint density at radius 3 is 2.03 bits per heavy atom. The van der Waals surface area contributed by atoms with Crippen LogP contribution >= 0.6 is 11.3 Å². The minimum Gasteiger partial charge on any atom is -0.496 e. The second-order valence-electron chi connectivity index (χ2n) is 8.06. The number of hydrogen-bond donors (Lipinski definition) is 0. The van der Waals surface area contributed by atoms with E-state index in [4.69, 9.17) is 9.47 Å². The monoisotopic (exact) mass is 446 g/mol. The molecule has 0 saturated heterocycles. The average Bonchev–Trinajstić information content (AvgIpc) is 3.27. The van der Waals surface area contributed by atoms with Gasteiger partial charge in [-0.05, 0) is 57.4 Å². The van der Waals surface area contributed by atoms with E-state index in [0.29, 0.717) is 0 Å². The molecule has 1 heterocycles. The highest BCUT2D eigenvalue weighted by Crippen LogP contribution is 2.44. The smallest absolute Gasteiger partial charge is 0.129 e. The number of benzene rings is 5. The third-order valence-electron chi connectivity index (χ3n) is 6.28. The Bertz CT molecular complexity index is 1670. The van der Waals surface area contributed by atoms with Gasteiger partial charge in [-0.25, -0.2) is 0 Å². The molecular weight excluding hydrogens is 424 g/mol. The molecule has 2 nitrogen and oxygen atoms in total. The van der Waals surface area contributed by atoms with Crippen LogP contribution in [0.25, 0.3) is 53.9 Å². The molecule has 0 aliphatic carbocycles. The standard InChI is InChI=1S/C30H22O2S/c1-31-25-12-7-13-26(32-2)24(25)16-14-21-18-20-9-4-6-11-23(20)29-28-22-10-5-3-8-19(22)15-17-27(28)33-30(21)29/h3-18H,1-2H3/b16-14+. The van der Waals surface area contributed by atoms with Gasteiger partial charge >= 0.3 is 0 Å². The summed E-state index contributed by atoms with van der Waals surface area (Å²) in [6.07, 6.45) is 4.29. The fourth-order valence-corrected chi connectivity index (χ4v) is 5.98. The van der Waals surface area contributed by atoms with Crippen LogP contribution in [0.2, 0.25) is 0 Å². The maximum absolute atomic E-state index is 5.60. The van der Waals surface area contributed by atoms with Crippen LogP contribution in [0, 0.1) is 0 Å². The van der Waals surface area contributed by atoms with E-state index in [0.717, 1.165) is 17.1 Å². The second kappa shape index (κ2) is 7.95. The molecule has 0 saturated carbocycles. The SMILES string of the molecule is COc1cccc(OC)c1/C=C/c1cc2ccccc2c2c1sc1ccc3ccccc3c12. The summed E-state index contributed by atoms with van der Waals surface area (Å²) in [4.78, 5) is 0. The van der Waals surface area contributed by atoms with Gasteiger partial charge in [0.2, 0.25) is 0 Å². The summed E-state index contributed by atoms with van der Waals surface area (Å²) in [5, 5.41) is 7.78. The lowest BCUT2D eigenvalue weighted by molar-refractivity contribution is 0.392. The predicted octanol–water partition coefficient (Wildman–Crippen LogP) is 8.55. The van der Waals surface area contributed by atoms with Crippen molar-refractivity contribution in [3.63, 3.8) is 0 Å². The highest BCUT2D eigenvalue weighted by atomic mass is 32.1. The summed E-state index contributed by atoms with van der Waals surface area (Å²) in [6, 6.07) is 30.0. The quantitative estimate of drug-likeness (QED) is 0.253. The van der Waals surface area contributed by atoms with E-state index in [1.54, 1.807) is 14.2 Å². The number of fused-ring (bicyclic) bond motifs is 7. The average molecular weight is 447 g/mol. The first-order chi connectivity index (χ1) is 16.3. The van der Waals surface area contributed by atoms with E-state index < -0.39 is 0 Å². The molecule has 0 aliphatic rings. The van der Waals surface area contributed by atoms with Gasteiger partial charge in [-0.1, -0.05) is 66.7 Å². The van der Waals surface area contributed by atoms with E-state index in [1.165, 1.54) is 47.3 Å². The topological polar surface area (TPSA) is 18.5 Å². The molecule has 0 amide bonds. The van der Waals surface area contributed by atoms with Gasteiger partial charge in [0.25, 0.3) is 0 Å². The summed E-state index contributed by atoms with van der Waals surface area (Å²) in [7, 11) is 3.38. The lowest BCUT2D eigenvalue weighted by Crippen LogP contribution is -1.91. The fraction of sp³-hybridized carbons (Fsp3) is 0.0667. The number of methoxy groups -OCH3 is 2. The maximum Gasteiger partial charge on any atom is 0.129 e. The molecule has 6 aromatic rings. The Balaban J connectivity index is 1.69. The Morgan fingerprint density at radius 1 is 0.636 bits per heavy atom. The van der Waals surface area contributed by atoms with Gasteiger partial charge in [0.1, 0.15) is 11.5 Å². The van der Waals surface area contributed by atoms with Crippen molar-refractivity contribution in [1.29, 1.82) is 0 Å². The van der Waals surface area contributed by atoms with Gasteiger partial charge in [0.15, 0.2) is 0 Å². The summed E-state index contributed by atoms with van der Waals surface area (Å²) in [5.74, 6) is 1.59. The Morgan fingerprint density at radius 2 is 1.30 bits per heavy atom. The molecular formula is C30H22O2S. The number of ether oxygens (including phenoxy) is 2. The van der Waals surface area contributed by atoms with E-state index >= 15 is 0 Å². The zero-order valence-electron chi connectivity index (χ0n) is 18.5. The van der Waals surface area contributed by atoms with Crippen LogP contribution in [0.4, 0.5) is 0 Å². The summed E-state index contributed by atoms with van der Waals surface area (Å²) in [6.45, 7) is 0. The van der Waals surface area contributed by atoms with Gasteiger partial charge in [0.05, 0.1) is 19.8 Å². The molecule has 3 heteroatoms. The van der Waals surface area contributed by atoms with Crippen molar-refractivity contribution >= 4 is 65.2 Å². The van der Waals surface area contributed by atoms with Crippen molar-refractivity contribution in [2.45, 2.75) is 0 Å². The normalized spacial score (nSPS) is 11.8. The summed E-state index contributed by atoms with van der Waals surface area (Å²) in [5.41, 5.74) is 2.14. The number of rotatable bonds is 4. The third-order valence-corrected chi connectivity index (χ3v) is 7.48. The summed E-state index contributed by atoms with van der Waals surface area (Å²) >= 11 is 1.86. The van der Waals surface area contributed by atoms with Crippen molar-refractivity contribution in [3.8, 4) is 11.5 Å². The van der Waals surface area contributed by atoms with Crippen molar-refractivity contribution in [2.24, 2.45) is 0 Å². The molecule has 0 atom stereocenters. The lowest BCUT2D eigenvalue weighted by Gasteiger charge is -2.10. The van der Waals surface area contributed by atoms with Gasteiger partial charge < -0.3 is 9.47 Å². The van der Waals surface area contributed by atoms with Crippen molar-refractivity contribution in [2.75, 3.05) is 14.2 Å². The molecule has 0 radical (unpaired) electrons. The first kappa shape index (κ1) is 19.8. The van der Waals surface area contributed by atoms with Crippen LogP contribution in [0.5, 0.6) is 11.5 Å². The Labute approximate surface area is 196 Å². The van der Waals surface area contributed by atoms with Crippen LogP contribution < -0.4 is 9.47 Å². The molecule has 0 bridgehead atoms. The van der Waals surface area contributed by atoms with Crippen LogP contribution in [-0.4, -0.2) is 14.2 Å². The first-order valence-electron chi connectivity index (χ1n) is 10.9. The van der Waals surface area contributed by atoms with Gasteiger partial charge in [-0.2, -0.15) is 0 Å². The number of thiophene rings is 1. The molecule has 0 spiro atoms. The minimum atomic E-state index is 0.796. The van der Waals surface area contributed by atoms with Gasteiger partial charge in [-0.3, -0.25) is 0 Å². The van der Waals surface area contributed by atoms with E-state index in [2.05, 4.69) is 78.9 Å². The molecule has 0 fully saturated rings. The van der Waals surface area contributed by atoms with Gasteiger partial charge in [-0.15, -0.1) is 11.3 Å². The van der Waals surface area contributed by atoms with Crippen LogP contribution in [-0.2, 0) is 0 Å². The minimum absolute atomic E-state index is 0.796. The van der Waals surface area contributed by atoms with Crippen molar-refractivity contribution < 1.29 is 9.47 Å². The van der Waals surface area contributed by atoms with E-state index in [-0.39, 0.29) is 0 Å². The van der Waals surface area contributed by atoms with E-state index in [9.17, 15) is 0 Å². The lowest BCUT2D eigenvalue weighted by atomic mass is 9.97. The third kappa shape index (κ3) is 3.16. The molecule has 1 aromatic heterocycles. The van der Waals surface area contributed by atoms with Crippen LogP contribution in [0.15, 0.2) is 84.9 Å². The zero-order valence-corrected chi connectivity index (χ0v) is 19.3. The van der Waals surface area contributed by atoms with E-state index in [1.807, 2.05) is 29.5 Å². The molecule has 0 unspecified atom stereocenters. The zero-order chi connectivity index (χ0) is 22.4.